The first-order chi connectivity index (χ1) is 11.2. The Hall–Kier alpha value is -1.10. The molecule has 24 heavy (non-hydrogen) atoms. The molecule has 0 saturated carbocycles. The molecule has 2 saturated heterocycles. The molecule has 2 fully saturated rings. The molecule has 2 aliphatic heterocycles. The van der Waals surface area contributed by atoms with Crippen molar-refractivity contribution in [2.75, 3.05) is 26.2 Å². The Bertz CT molecular complexity index is 525. The van der Waals surface area contributed by atoms with Crippen LogP contribution >= 0.6 is 12.4 Å². The predicted octanol–water partition coefficient (Wildman–Crippen LogP) is 2.83. The molecule has 5 heteroatoms. The van der Waals surface area contributed by atoms with Gasteiger partial charge in [-0.15, -0.1) is 12.4 Å². The Kier molecular flexibility index (Phi) is 7.08. The number of carbonyl (C=O) groups excluding carboxylic acids is 1. The van der Waals surface area contributed by atoms with Crippen molar-refractivity contribution in [2.45, 2.75) is 44.8 Å². The molecule has 2 heterocycles. The molecule has 1 N–H and O–H groups in total. The zero-order valence-corrected chi connectivity index (χ0v) is 15.4. The van der Waals surface area contributed by atoms with Gasteiger partial charge in [-0.05, 0) is 30.7 Å². The highest BCUT2D eigenvalue weighted by Gasteiger charge is 2.36. The highest BCUT2D eigenvalue weighted by Crippen LogP contribution is 2.35. The van der Waals surface area contributed by atoms with Crippen molar-refractivity contribution in [1.82, 2.24) is 10.2 Å². The third-order valence-corrected chi connectivity index (χ3v) is 5.38. The average molecular weight is 353 g/mol. The number of benzene rings is 1. The summed E-state index contributed by atoms with van der Waals surface area (Å²) in [5.41, 5.74) is 1.42. The van der Waals surface area contributed by atoms with Crippen molar-refractivity contribution >= 4 is 18.3 Å². The van der Waals surface area contributed by atoms with Gasteiger partial charge in [-0.2, -0.15) is 0 Å². The summed E-state index contributed by atoms with van der Waals surface area (Å²) in [4.78, 5) is 14.9. The number of piperidine rings is 1. The van der Waals surface area contributed by atoms with E-state index >= 15 is 0 Å². The number of carbonyl (C=O) groups is 1. The second kappa shape index (κ2) is 8.84. The summed E-state index contributed by atoms with van der Waals surface area (Å²) in [5, 5.41) is 3.33. The fourth-order valence-electron chi connectivity index (χ4n) is 3.99. The van der Waals surface area contributed by atoms with Crippen LogP contribution in [0.2, 0.25) is 0 Å². The Labute approximate surface area is 151 Å². The summed E-state index contributed by atoms with van der Waals surface area (Å²) in [5.74, 6) is 1.32. The normalized spacial score (nSPS) is 30.5. The molecule has 134 valence electrons. The van der Waals surface area contributed by atoms with Crippen molar-refractivity contribution in [3.8, 4) is 0 Å². The molecular formula is C19H29ClN2O2. The van der Waals surface area contributed by atoms with E-state index in [-0.39, 0.29) is 30.5 Å². The van der Waals surface area contributed by atoms with E-state index in [1.165, 1.54) is 5.56 Å². The largest absolute Gasteiger partial charge is 0.375 e. The minimum absolute atomic E-state index is 0. The van der Waals surface area contributed by atoms with E-state index in [0.717, 1.165) is 32.5 Å². The van der Waals surface area contributed by atoms with E-state index in [0.29, 0.717) is 18.4 Å². The van der Waals surface area contributed by atoms with Crippen LogP contribution in [0, 0.1) is 5.92 Å². The van der Waals surface area contributed by atoms with Gasteiger partial charge in [0.15, 0.2) is 0 Å². The van der Waals surface area contributed by atoms with Gasteiger partial charge in [-0.1, -0.05) is 43.7 Å². The van der Waals surface area contributed by atoms with Gasteiger partial charge in [-0.3, -0.25) is 4.79 Å². The van der Waals surface area contributed by atoms with Gasteiger partial charge in [0.2, 0.25) is 5.91 Å². The zero-order chi connectivity index (χ0) is 16.2. The lowest BCUT2D eigenvalue weighted by Crippen LogP contribution is -2.58. The Morgan fingerprint density at radius 1 is 1.33 bits per heavy atom. The minimum Gasteiger partial charge on any atom is -0.375 e. The molecule has 3 rings (SSSR count). The quantitative estimate of drug-likeness (QED) is 0.909. The van der Waals surface area contributed by atoms with Gasteiger partial charge in [0.1, 0.15) is 6.04 Å². The van der Waals surface area contributed by atoms with Crippen molar-refractivity contribution in [3.05, 3.63) is 35.9 Å². The van der Waals surface area contributed by atoms with Crippen LogP contribution in [0.25, 0.3) is 0 Å². The number of amides is 1. The van der Waals surface area contributed by atoms with Crippen LogP contribution in [0.3, 0.4) is 0 Å². The summed E-state index contributed by atoms with van der Waals surface area (Å²) >= 11 is 0. The molecule has 4 atom stereocenters. The molecule has 0 spiro atoms. The second-order valence-electron chi connectivity index (χ2n) is 6.77. The Balaban J connectivity index is 0.00000208. The number of hydrogen-bond acceptors (Lipinski definition) is 3. The number of nitrogens with one attached hydrogen (secondary N) is 1. The standard InChI is InChI=1S/C19H28N2O2.ClH/c1-3-15-13-21(19(22)18-14(2)23-12-10-20-18)11-9-17(15)16-7-5-4-6-8-16;/h4-8,14-15,17-18,20H,3,9-13H2,1-2H3;1H/t14-,15?,17?,18+;/m1./s1. The molecule has 1 aromatic carbocycles. The summed E-state index contributed by atoms with van der Waals surface area (Å²) < 4.78 is 5.64. The maximum atomic E-state index is 12.9. The van der Waals surface area contributed by atoms with Gasteiger partial charge in [0.25, 0.3) is 0 Å². The third-order valence-electron chi connectivity index (χ3n) is 5.38. The maximum absolute atomic E-state index is 12.9. The summed E-state index contributed by atoms with van der Waals surface area (Å²) in [6, 6.07) is 10.6. The van der Waals surface area contributed by atoms with Crippen LogP contribution in [0.1, 0.15) is 38.2 Å². The summed E-state index contributed by atoms with van der Waals surface area (Å²) in [7, 11) is 0. The number of hydrogen-bond donors (Lipinski definition) is 1. The minimum atomic E-state index is -0.186. The molecule has 0 radical (unpaired) electrons. The molecule has 4 nitrogen and oxygen atoms in total. The van der Waals surface area contributed by atoms with Crippen LogP contribution < -0.4 is 5.32 Å². The number of morpholine rings is 1. The van der Waals surface area contributed by atoms with Crippen LogP contribution in [0.5, 0.6) is 0 Å². The molecular weight excluding hydrogens is 324 g/mol. The SMILES string of the molecule is CCC1CN(C(=O)[C@H]2NCCO[C@@H]2C)CCC1c1ccccc1.Cl. The van der Waals surface area contributed by atoms with Crippen LogP contribution in [0.15, 0.2) is 30.3 Å². The zero-order valence-electron chi connectivity index (χ0n) is 14.6. The highest BCUT2D eigenvalue weighted by molar-refractivity contribution is 5.85. The smallest absolute Gasteiger partial charge is 0.242 e. The second-order valence-corrected chi connectivity index (χ2v) is 6.77. The topological polar surface area (TPSA) is 41.6 Å². The molecule has 1 amide bonds. The van der Waals surface area contributed by atoms with Gasteiger partial charge in [0, 0.05) is 19.6 Å². The molecule has 0 aliphatic carbocycles. The monoisotopic (exact) mass is 352 g/mol. The molecule has 2 aliphatic rings. The number of ether oxygens (including phenoxy) is 1. The van der Waals surface area contributed by atoms with Crippen LogP contribution in [-0.2, 0) is 9.53 Å². The van der Waals surface area contributed by atoms with Crippen molar-refractivity contribution in [3.63, 3.8) is 0 Å². The van der Waals surface area contributed by atoms with Crippen LogP contribution in [-0.4, -0.2) is 49.2 Å². The number of nitrogens with zero attached hydrogens (tertiary/aromatic N) is 1. The number of likely N-dealkylation sites (tertiary alicyclic amines) is 1. The lowest BCUT2D eigenvalue weighted by atomic mass is 9.79. The van der Waals surface area contributed by atoms with Crippen LogP contribution in [0.4, 0.5) is 0 Å². The fourth-order valence-corrected chi connectivity index (χ4v) is 3.99. The number of halogens is 1. The molecule has 0 bridgehead atoms. The van der Waals surface area contributed by atoms with E-state index in [9.17, 15) is 4.79 Å². The lowest BCUT2D eigenvalue weighted by molar-refractivity contribution is -0.141. The van der Waals surface area contributed by atoms with E-state index < -0.39 is 0 Å². The summed E-state index contributed by atoms with van der Waals surface area (Å²) in [6.45, 7) is 7.39. The van der Waals surface area contributed by atoms with E-state index in [1.807, 2.05) is 6.92 Å². The van der Waals surface area contributed by atoms with Crippen molar-refractivity contribution in [2.24, 2.45) is 5.92 Å². The third kappa shape index (κ3) is 4.11. The lowest BCUT2D eigenvalue weighted by Gasteiger charge is -2.41. The first-order valence-corrected chi connectivity index (χ1v) is 8.89. The number of rotatable bonds is 3. The molecule has 2 unspecified atom stereocenters. The van der Waals surface area contributed by atoms with Gasteiger partial charge < -0.3 is 15.0 Å². The Morgan fingerprint density at radius 3 is 2.75 bits per heavy atom. The fraction of sp³-hybridized carbons (Fsp3) is 0.632. The van der Waals surface area contributed by atoms with E-state index in [2.05, 4.69) is 47.5 Å². The average Bonchev–Trinajstić information content (AvgIpc) is 2.61. The first kappa shape index (κ1) is 19.2. The van der Waals surface area contributed by atoms with Gasteiger partial charge in [0.05, 0.1) is 12.7 Å². The van der Waals surface area contributed by atoms with E-state index in [4.69, 9.17) is 4.74 Å². The van der Waals surface area contributed by atoms with Crippen molar-refractivity contribution < 1.29 is 9.53 Å². The van der Waals surface area contributed by atoms with Gasteiger partial charge in [-0.25, -0.2) is 0 Å². The molecule has 1 aromatic rings. The van der Waals surface area contributed by atoms with Gasteiger partial charge >= 0.3 is 0 Å². The first-order valence-electron chi connectivity index (χ1n) is 8.89. The summed E-state index contributed by atoms with van der Waals surface area (Å²) in [6.07, 6.45) is 2.12. The highest BCUT2D eigenvalue weighted by atomic mass is 35.5. The predicted molar refractivity (Wildman–Crippen MR) is 98.6 cm³/mol. The Morgan fingerprint density at radius 2 is 2.08 bits per heavy atom. The molecule has 0 aromatic heterocycles. The van der Waals surface area contributed by atoms with Crippen molar-refractivity contribution in [1.29, 1.82) is 0 Å². The maximum Gasteiger partial charge on any atom is 0.242 e. The van der Waals surface area contributed by atoms with E-state index in [1.54, 1.807) is 0 Å².